The van der Waals surface area contributed by atoms with E-state index in [4.69, 9.17) is 11.6 Å². The minimum absolute atomic E-state index is 0.0349. The van der Waals surface area contributed by atoms with Crippen molar-refractivity contribution in [2.45, 2.75) is 19.4 Å². The van der Waals surface area contributed by atoms with Crippen molar-refractivity contribution in [1.29, 1.82) is 0 Å². The molecule has 2 rings (SSSR count). The third-order valence-corrected chi connectivity index (χ3v) is 3.98. The largest absolute Gasteiger partial charge is 0.310 e. The van der Waals surface area contributed by atoms with Gasteiger partial charge in [-0.1, -0.05) is 36.7 Å². The van der Waals surface area contributed by atoms with E-state index in [9.17, 15) is 4.39 Å². The van der Waals surface area contributed by atoms with Gasteiger partial charge in [-0.25, -0.2) is 4.39 Å². The van der Waals surface area contributed by atoms with E-state index >= 15 is 0 Å². The van der Waals surface area contributed by atoms with E-state index in [0.717, 1.165) is 13.0 Å². The van der Waals surface area contributed by atoms with Crippen molar-refractivity contribution in [3.05, 3.63) is 57.0 Å². The van der Waals surface area contributed by atoms with Gasteiger partial charge < -0.3 is 5.32 Å². The lowest BCUT2D eigenvalue weighted by atomic mass is 10.0. The highest BCUT2D eigenvalue weighted by Crippen LogP contribution is 2.27. The van der Waals surface area contributed by atoms with Crippen LogP contribution in [0.5, 0.6) is 0 Å². The lowest BCUT2D eigenvalue weighted by molar-refractivity contribution is 0.512. The van der Waals surface area contributed by atoms with E-state index in [1.165, 1.54) is 4.88 Å². The molecule has 18 heavy (non-hydrogen) atoms. The zero-order valence-corrected chi connectivity index (χ0v) is 11.7. The van der Waals surface area contributed by atoms with E-state index in [2.05, 4.69) is 11.4 Å². The summed E-state index contributed by atoms with van der Waals surface area (Å²) in [6.07, 6.45) is 0.781. The van der Waals surface area contributed by atoms with Crippen molar-refractivity contribution >= 4 is 22.9 Å². The minimum Gasteiger partial charge on any atom is -0.310 e. The summed E-state index contributed by atoms with van der Waals surface area (Å²) in [5, 5.41) is 5.53. The SMILES string of the molecule is CCNC(Cc1cccs1)c1cccc(Cl)c1F. The third kappa shape index (κ3) is 3.10. The molecule has 0 bridgehead atoms. The molecule has 0 radical (unpaired) electrons. The van der Waals surface area contributed by atoms with E-state index in [0.29, 0.717) is 5.56 Å². The van der Waals surface area contributed by atoms with Gasteiger partial charge in [-0.05, 0) is 24.1 Å². The van der Waals surface area contributed by atoms with Crippen molar-refractivity contribution in [3.63, 3.8) is 0 Å². The maximum Gasteiger partial charge on any atom is 0.146 e. The van der Waals surface area contributed by atoms with Gasteiger partial charge in [0.1, 0.15) is 5.82 Å². The number of hydrogen-bond acceptors (Lipinski definition) is 2. The second-order valence-electron chi connectivity index (χ2n) is 4.04. The average Bonchev–Trinajstić information content (AvgIpc) is 2.85. The molecule has 4 heteroatoms. The standard InChI is InChI=1S/C14H15ClFNS/c1-2-17-13(9-10-5-4-8-18-10)11-6-3-7-12(15)14(11)16/h3-8,13,17H,2,9H2,1H3. The summed E-state index contributed by atoms with van der Waals surface area (Å²) >= 11 is 7.53. The van der Waals surface area contributed by atoms with Crippen LogP contribution in [0.4, 0.5) is 4.39 Å². The summed E-state index contributed by atoms with van der Waals surface area (Å²) in [5.74, 6) is -0.318. The molecule has 1 atom stereocenters. The van der Waals surface area contributed by atoms with Crippen LogP contribution in [-0.2, 0) is 6.42 Å². The lowest BCUT2D eigenvalue weighted by Crippen LogP contribution is -2.23. The summed E-state index contributed by atoms with van der Waals surface area (Å²) in [5.41, 5.74) is 0.637. The summed E-state index contributed by atoms with van der Waals surface area (Å²) in [4.78, 5) is 1.24. The van der Waals surface area contributed by atoms with Crippen LogP contribution in [0.3, 0.4) is 0 Å². The predicted molar refractivity (Wildman–Crippen MR) is 75.9 cm³/mol. The molecule has 1 aromatic carbocycles. The Balaban J connectivity index is 2.26. The van der Waals surface area contributed by atoms with Gasteiger partial charge in [0.05, 0.1) is 5.02 Å². The van der Waals surface area contributed by atoms with Crippen molar-refractivity contribution in [2.24, 2.45) is 0 Å². The summed E-state index contributed by atoms with van der Waals surface area (Å²) in [6, 6.07) is 9.21. The molecule has 1 unspecified atom stereocenters. The maximum atomic E-state index is 14.0. The first-order valence-electron chi connectivity index (χ1n) is 5.92. The van der Waals surface area contributed by atoms with E-state index < -0.39 is 0 Å². The molecule has 1 heterocycles. The molecule has 0 aliphatic rings. The summed E-state index contributed by atoms with van der Waals surface area (Å²) < 4.78 is 14.0. The van der Waals surface area contributed by atoms with Crippen LogP contribution in [0.25, 0.3) is 0 Å². The Morgan fingerprint density at radius 2 is 2.17 bits per heavy atom. The smallest absolute Gasteiger partial charge is 0.146 e. The normalized spacial score (nSPS) is 12.6. The lowest BCUT2D eigenvalue weighted by Gasteiger charge is -2.18. The fourth-order valence-corrected chi connectivity index (χ4v) is 2.89. The third-order valence-electron chi connectivity index (χ3n) is 2.79. The van der Waals surface area contributed by atoms with Gasteiger partial charge in [-0.2, -0.15) is 0 Å². The Morgan fingerprint density at radius 3 is 2.83 bits per heavy atom. The summed E-state index contributed by atoms with van der Waals surface area (Å²) in [6.45, 7) is 2.81. The number of nitrogens with one attached hydrogen (secondary N) is 1. The van der Waals surface area contributed by atoms with Gasteiger partial charge in [0.25, 0.3) is 0 Å². The Morgan fingerprint density at radius 1 is 1.33 bits per heavy atom. The molecule has 1 aromatic heterocycles. The number of thiophene rings is 1. The Labute approximate surface area is 116 Å². The van der Waals surface area contributed by atoms with Gasteiger partial charge >= 0.3 is 0 Å². The molecule has 2 aromatic rings. The molecule has 1 nitrogen and oxygen atoms in total. The summed E-state index contributed by atoms with van der Waals surface area (Å²) in [7, 11) is 0. The van der Waals surface area contributed by atoms with Crippen LogP contribution in [0.15, 0.2) is 35.7 Å². The zero-order valence-electron chi connectivity index (χ0n) is 10.1. The molecule has 0 spiro atoms. The highest BCUT2D eigenvalue weighted by molar-refractivity contribution is 7.09. The van der Waals surface area contributed by atoms with E-state index in [1.54, 1.807) is 29.5 Å². The van der Waals surface area contributed by atoms with Crippen LogP contribution in [0, 0.1) is 5.82 Å². The number of benzene rings is 1. The molecule has 1 N–H and O–H groups in total. The van der Waals surface area contributed by atoms with Crippen molar-refractivity contribution < 1.29 is 4.39 Å². The quantitative estimate of drug-likeness (QED) is 0.856. The van der Waals surface area contributed by atoms with Crippen LogP contribution in [-0.4, -0.2) is 6.54 Å². The van der Waals surface area contributed by atoms with Gasteiger partial charge in [-0.3, -0.25) is 0 Å². The first kappa shape index (κ1) is 13.5. The molecule has 96 valence electrons. The number of rotatable bonds is 5. The molecule has 0 amide bonds. The van der Waals surface area contributed by atoms with Gasteiger partial charge in [0.2, 0.25) is 0 Å². The molecule has 0 fully saturated rings. The van der Waals surface area contributed by atoms with Crippen molar-refractivity contribution in [1.82, 2.24) is 5.32 Å². The highest BCUT2D eigenvalue weighted by atomic mass is 35.5. The highest BCUT2D eigenvalue weighted by Gasteiger charge is 2.17. The van der Waals surface area contributed by atoms with E-state index in [-0.39, 0.29) is 16.9 Å². The fraction of sp³-hybridized carbons (Fsp3) is 0.286. The second-order valence-corrected chi connectivity index (χ2v) is 5.48. The van der Waals surface area contributed by atoms with Crippen LogP contribution in [0.2, 0.25) is 5.02 Å². The van der Waals surface area contributed by atoms with Gasteiger partial charge in [-0.15, -0.1) is 11.3 Å². The predicted octanol–water partition coefficient (Wildman–Crippen LogP) is 4.43. The Bertz CT molecular complexity index is 499. The zero-order chi connectivity index (χ0) is 13.0. The first-order valence-corrected chi connectivity index (χ1v) is 7.17. The van der Waals surface area contributed by atoms with Crippen LogP contribution >= 0.6 is 22.9 Å². The average molecular weight is 284 g/mol. The molecule has 0 saturated heterocycles. The topological polar surface area (TPSA) is 12.0 Å². The molecular weight excluding hydrogens is 269 g/mol. The molecular formula is C14H15ClFNS. The Hall–Kier alpha value is -0.900. The van der Waals surface area contributed by atoms with Crippen molar-refractivity contribution in [2.75, 3.05) is 6.54 Å². The van der Waals surface area contributed by atoms with Gasteiger partial charge in [0.15, 0.2) is 0 Å². The molecule has 0 aliphatic heterocycles. The van der Waals surface area contributed by atoms with E-state index in [1.807, 2.05) is 18.4 Å². The van der Waals surface area contributed by atoms with Crippen molar-refractivity contribution in [3.8, 4) is 0 Å². The minimum atomic E-state index is -0.318. The van der Waals surface area contributed by atoms with Crippen LogP contribution in [0.1, 0.15) is 23.4 Å². The first-order chi connectivity index (χ1) is 8.72. The Kier molecular flexibility index (Phi) is 4.75. The monoisotopic (exact) mass is 283 g/mol. The molecule has 0 saturated carbocycles. The van der Waals surface area contributed by atoms with Gasteiger partial charge in [0, 0.05) is 22.9 Å². The van der Waals surface area contributed by atoms with Crippen LogP contribution < -0.4 is 5.32 Å². The fourth-order valence-electron chi connectivity index (χ4n) is 1.96. The number of hydrogen-bond donors (Lipinski definition) is 1. The number of halogens is 2. The number of likely N-dealkylation sites (N-methyl/N-ethyl adjacent to an activating group) is 1. The molecule has 0 aliphatic carbocycles. The second kappa shape index (κ2) is 6.32. The maximum absolute atomic E-state index is 14.0.